The molecular formula is C15H16N2O. The highest BCUT2D eigenvalue weighted by atomic mass is 16.1. The number of hydrogen-bond acceptors (Lipinski definition) is 3. The van der Waals surface area contributed by atoms with Crippen molar-refractivity contribution >= 4 is 6.29 Å². The number of carbonyl (C=O) groups is 1. The predicted octanol–water partition coefficient (Wildman–Crippen LogP) is 3.15. The largest absolute Gasteiger partial charge is 0.294 e. The normalized spacial score (nSPS) is 10.6. The van der Waals surface area contributed by atoms with Gasteiger partial charge in [-0.2, -0.15) is 0 Å². The van der Waals surface area contributed by atoms with Crippen molar-refractivity contribution in [2.75, 3.05) is 0 Å². The SMILES string of the molecule is CC(C)Cc1ccc(-c2ccnc(C=O)n2)cc1. The third kappa shape index (κ3) is 3.00. The fourth-order valence-corrected chi connectivity index (χ4v) is 1.87. The summed E-state index contributed by atoms with van der Waals surface area (Å²) in [4.78, 5) is 18.7. The maximum atomic E-state index is 10.6. The number of carbonyl (C=O) groups excluding carboxylic acids is 1. The minimum Gasteiger partial charge on any atom is -0.294 e. The standard InChI is InChI=1S/C15H16N2O/c1-11(2)9-12-3-5-13(6-4-12)14-7-8-16-15(10-18)17-14/h3-8,10-11H,9H2,1-2H3. The molecule has 3 heteroatoms. The Kier molecular flexibility index (Phi) is 3.82. The summed E-state index contributed by atoms with van der Waals surface area (Å²) < 4.78 is 0. The van der Waals surface area contributed by atoms with Crippen LogP contribution in [-0.2, 0) is 6.42 Å². The number of rotatable bonds is 4. The van der Waals surface area contributed by atoms with Crippen molar-refractivity contribution in [2.24, 2.45) is 5.92 Å². The highest BCUT2D eigenvalue weighted by Gasteiger charge is 2.02. The van der Waals surface area contributed by atoms with E-state index in [9.17, 15) is 4.79 Å². The first-order valence-electron chi connectivity index (χ1n) is 6.06. The Bertz CT molecular complexity index is 532. The van der Waals surface area contributed by atoms with Crippen LogP contribution in [0, 0.1) is 5.92 Å². The summed E-state index contributed by atoms with van der Waals surface area (Å²) >= 11 is 0. The molecule has 0 atom stereocenters. The molecule has 0 aliphatic carbocycles. The van der Waals surface area contributed by atoms with Gasteiger partial charge in [0.05, 0.1) is 5.69 Å². The maximum absolute atomic E-state index is 10.6. The van der Waals surface area contributed by atoms with Gasteiger partial charge in [0.25, 0.3) is 0 Å². The molecule has 0 fully saturated rings. The van der Waals surface area contributed by atoms with E-state index >= 15 is 0 Å². The van der Waals surface area contributed by atoms with Crippen molar-refractivity contribution in [3.05, 3.63) is 47.9 Å². The summed E-state index contributed by atoms with van der Waals surface area (Å²) in [6.07, 6.45) is 3.34. The molecule has 0 aliphatic rings. The Morgan fingerprint density at radius 3 is 2.50 bits per heavy atom. The van der Waals surface area contributed by atoms with Crippen LogP contribution in [0.15, 0.2) is 36.5 Å². The van der Waals surface area contributed by atoms with E-state index in [4.69, 9.17) is 0 Å². The van der Waals surface area contributed by atoms with Crippen LogP contribution in [0.2, 0.25) is 0 Å². The number of aldehydes is 1. The highest BCUT2D eigenvalue weighted by Crippen LogP contribution is 2.18. The average Bonchev–Trinajstić information content (AvgIpc) is 2.39. The Morgan fingerprint density at radius 2 is 1.89 bits per heavy atom. The van der Waals surface area contributed by atoms with Gasteiger partial charge in [-0.25, -0.2) is 9.97 Å². The lowest BCUT2D eigenvalue weighted by atomic mass is 10.0. The van der Waals surface area contributed by atoms with Crippen LogP contribution < -0.4 is 0 Å². The summed E-state index contributed by atoms with van der Waals surface area (Å²) in [5.74, 6) is 0.871. The van der Waals surface area contributed by atoms with E-state index in [1.807, 2.05) is 18.2 Å². The van der Waals surface area contributed by atoms with Gasteiger partial charge >= 0.3 is 0 Å². The van der Waals surface area contributed by atoms with Crippen LogP contribution in [0.1, 0.15) is 30.0 Å². The first-order chi connectivity index (χ1) is 8.69. The van der Waals surface area contributed by atoms with E-state index < -0.39 is 0 Å². The van der Waals surface area contributed by atoms with Gasteiger partial charge in [0, 0.05) is 11.8 Å². The van der Waals surface area contributed by atoms with Crippen molar-refractivity contribution in [1.29, 1.82) is 0 Å². The van der Waals surface area contributed by atoms with Crippen LogP contribution in [-0.4, -0.2) is 16.3 Å². The van der Waals surface area contributed by atoms with Crippen molar-refractivity contribution < 1.29 is 4.79 Å². The van der Waals surface area contributed by atoms with Gasteiger partial charge in [0.15, 0.2) is 12.1 Å². The van der Waals surface area contributed by atoms with Gasteiger partial charge in [-0.05, 0) is 24.0 Å². The molecule has 1 aromatic heterocycles. The van der Waals surface area contributed by atoms with E-state index in [0.717, 1.165) is 17.7 Å². The number of hydrogen-bond donors (Lipinski definition) is 0. The molecule has 2 rings (SSSR count). The molecule has 1 heterocycles. The second-order valence-corrected chi connectivity index (χ2v) is 4.71. The molecular weight excluding hydrogens is 224 g/mol. The second-order valence-electron chi connectivity index (χ2n) is 4.71. The molecule has 0 aliphatic heterocycles. The molecule has 0 radical (unpaired) electrons. The zero-order valence-electron chi connectivity index (χ0n) is 10.6. The quantitative estimate of drug-likeness (QED) is 0.771. The van der Waals surface area contributed by atoms with Crippen molar-refractivity contribution in [3.63, 3.8) is 0 Å². The molecule has 0 unspecified atom stereocenters. The lowest BCUT2D eigenvalue weighted by Gasteiger charge is -2.06. The molecule has 18 heavy (non-hydrogen) atoms. The smallest absolute Gasteiger partial charge is 0.193 e. The van der Waals surface area contributed by atoms with Crippen LogP contribution in [0.25, 0.3) is 11.3 Å². The fraction of sp³-hybridized carbons (Fsp3) is 0.267. The lowest BCUT2D eigenvalue weighted by Crippen LogP contribution is -1.95. The molecule has 92 valence electrons. The molecule has 0 amide bonds. The van der Waals surface area contributed by atoms with E-state index in [1.54, 1.807) is 6.20 Å². The Labute approximate surface area is 107 Å². The molecule has 3 nitrogen and oxygen atoms in total. The van der Waals surface area contributed by atoms with Crippen LogP contribution in [0.5, 0.6) is 0 Å². The Hall–Kier alpha value is -2.03. The summed E-state index contributed by atoms with van der Waals surface area (Å²) in [7, 11) is 0. The molecule has 0 bridgehead atoms. The number of aromatic nitrogens is 2. The predicted molar refractivity (Wildman–Crippen MR) is 71.4 cm³/mol. The Morgan fingerprint density at radius 1 is 1.17 bits per heavy atom. The minimum atomic E-state index is 0.221. The molecule has 0 N–H and O–H groups in total. The summed E-state index contributed by atoms with van der Waals surface area (Å²) in [5, 5.41) is 0. The van der Waals surface area contributed by atoms with E-state index in [-0.39, 0.29) is 5.82 Å². The molecule has 1 aromatic carbocycles. The van der Waals surface area contributed by atoms with Crippen molar-refractivity contribution in [3.8, 4) is 11.3 Å². The molecule has 0 saturated heterocycles. The van der Waals surface area contributed by atoms with Crippen LogP contribution in [0.4, 0.5) is 0 Å². The van der Waals surface area contributed by atoms with Gasteiger partial charge in [0.2, 0.25) is 0 Å². The van der Waals surface area contributed by atoms with Crippen LogP contribution in [0.3, 0.4) is 0 Å². The van der Waals surface area contributed by atoms with Gasteiger partial charge in [-0.15, -0.1) is 0 Å². The number of benzene rings is 1. The monoisotopic (exact) mass is 240 g/mol. The first kappa shape index (κ1) is 12.4. The van der Waals surface area contributed by atoms with Gasteiger partial charge < -0.3 is 0 Å². The number of nitrogens with zero attached hydrogens (tertiary/aromatic N) is 2. The minimum absolute atomic E-state index is 0.221. The zero-order valence-corrected chi connectivity index (χ0v) is 10.6. The van der Waals surface area contributed by atoms with Crippen LogP contribution >= 0.6 is 0 Å². The van der Waals surface area contributed by atoms with E-state index in [0.29, 0.717) is 12.2 Å². The highest BCUT2D eigenvalue weighted by molar-refractivity contribution is 5.70. The topological polar surface area (TPSA) is 42.9 Å². The van der Waals surface area contributed by atoms with Crippen molar-refractivity contribution in [2.45, 2.75) is 20.3 Å². The van der Waals surface area contributed by atoms with Crippen molar-refractivity contribution in [1.82, 2.24) is 9.97 Å². The summed E-state index contributed by atoms with van der Waals surface area (Å²) in [6.45, 7) is 4.41. The average molecular weight is 240 g/mol. The maximum Gasteiger partial charge on any atom is 0.193 e. The fourth-order valence-electron chi connectivity index (χ4n) is 1.87. The summed E-state index contributed by atoms with van der Waals surface area (Å²) in [5.41, 5.74) is 3.11. The first-order valence-corrected chi connectivity index (χ1v) is 6.06. The van der Waals surface area contributed by atoms with Gasteiger partial charge in [-0.1, -0.05) is 38.1 Å². The third-order valence-corrected chi connectivity index (χ3v) is 2.67. The third-order valence-electron chi connectivity index (χ3n) is 2.67. The van der Waals surface area contributed by atoms with E-state index in [2.05, 4.69) is 35.9 Å². The van der Waals surface area contributed by atoms with Gasteiger partial charge in [-0.3, -0.25) is 4.79 Å². The molecule has 0 saturated carbocycles. The molecule has 2 aromatic rings. The van der Waals surface area contributed by atoms with E-state index in [1.165, 1.54) is 5.56 Å². The van der Waals surface area contributed by atoms with Gasteiger partial charge in [0.1, 0.15) is 0 Å². The Balaban J connectivity index is 2.25. The summed E-state index contributed by atoms with van der Waals surface area (Å²) in [6, 6.07) is 10.1. The lowest BCUT2D eigenvalue weighted by molar-refractivity contribution is 0.111. The molecule has 0 spiro atoms. The zero-order chi connectivity index (χ0) is 13.0. The second kappa shape index (κ2) is 5.54.